The molecule has 2 heterocycles. The van der Waals surface area contributed by atoms with Crippen molar-refractivity contribution in [1.82, 2.24) is 19.7 Å². The highest BCUT2D eigenvalue weighted by Crippen LogP contribution is 2.31. The molecule has 0 bridgehead atoms. The molecule has 0 fully saturated rings. The number of nitrogen functional groups attached to an aromatic ring is 2. The van der Waals surface area contributed by atoms with E-state index < -0.39 is 0 Å². The summed E-state index contributed by atoms with van der Waals surface area (Å²) in [5, 5.41) is 5.64. The van der Waals surface area contributed by atoms with Gasteiger partial charge in [0.2, 0.25) is 0 Å². The summed E-state index contributed by atoms with van der Waals surface area (Å²) in [6, 6.07) is 15.3. The molecular weight excluding hydrogens is 300 g/mol. The Morgan fingerprint density at radius 3 is 2.46 bits per heavy atom. The van der Waals surface area contributed by atoms with Gasteiger partial charge in [0.15, 0.2) is 5.82 Å². The number of aromatic nitrogens is 4. The van der Waals surface area contributed by atoms with Gasteiger partial charge in [0.25, 0.3) is 0 Å². The van der Waals surface area contributed by atoms with Gasteiger partial charge in [0, 0.05) is 30.0 Å². The summed E-state index contributed by atoms with van der Waals surface area (Å²) in [4.78, 5) is 8.99. The molecule has 2 aromatic heterocycles. The lowest BCUT2D eigenvalue weighted by molar-refractivity contribution is 0.799. The standard InChI is InChI=1S/C18H16N6/c1-24-15-8-3-2-5-11(15)17(23-24)14-9-10-21-18(22-14)16-12(19)6-4-7-13(16)20/h2-10H,19-20H2,1H3. The average molecular weight is 316 g/mol. The molecule has 4 N–H and O–H groups in total. The lowest BCUT2D eigenvalue weighted by atomic mass is 10.1. The van der Waals surface area contributed by atoms with Crippen LogP contribution < -0.4 is 11.5 Å². The normalized spacial score (nSPS) is 11.0. The van der Waals surface area contributed by atoms with Crippen molar-refractivity contribution in [1.29, 1.82) is 0 Å². The molecule has 0 amide bonds. The first-order valence-corrected chi connectivity index (χ1v) is 7.54. The van der Waals surface area contributed by atoms with E-state index >= 15 is 0 Å². The smallest absolute Gasteiger partial charge is 0.164 e. The summed E-state index contributed by atoms with van der Waals surface area (Å²) in [6.07, 6.45) is 1.70. The second-order valence-corrected chi connectivity index (χ2v) is 5.57. The van der Waals surface area contributed by atoms with Crippen LogP contribution in [0.5, 0.6) is 0 Å². The molecule has 0 saturated carbocycles. The number of anilines is 2. The van der Waals surface area contributed by atoms with E-state index in [2.05, 4.69) is 15.1 Å². The van der Waals surface area contributed by atoms with Crippen LogP contribution in [0, 0.1) is 0 Å². The summed E-state index contributed by atoms with van der Waals surface area (Å²) < 4.78 is 1.84. The van der Waals surface area contributed by atoms with Gasteiger partial charge in [-0.25, -0.2) is 9.97 Å². The third kappa shape index (κ3) is 2.16. The van der Waals surface area contributed by atoms with Gasteiger partial charge in [-0.1, -0.05) is 24.3 Å². The minimum Gasteiger partial charge on any atom is -0.398 e. The highest BCUT2D eigenvalue weighted by Gasteiger charge is 2.15. The zero-order chi connectivity index (χ0) is 16.7. The number of nitrogens with zero attached hydrogens (tertiary/aromatic N) is 4. The molecule has 0 aliphatic heterocycles. The van der Waals surface area contributed by atoms with E-state index in [9.17, 15) is 0 Å². The maximum absolute atomic E-state index is 6.06. The van der Waals surface area contributed by atoms with Crippen molar-refractivity contribution in [3.63, 3.8) is 0 Å². The highest BCUT2D eigenvalue weighted by atomic mass is 15.3. The quantitative estimate of drug-likeness (QED) is 0.554. The molecule has 118 valence electrons. The van der Waals surface area contributed by atoms with Crippen LogP contribution in [-0.4, -0.2) is 19.7 Å². The molecule has 0 aliphatic rings. The van der Waals surface area contributed by atoms with Gasteiger partial charge in [-0.2, -0.15) is 5.10 Å². The first kappa shape index (κ1) is 14.2. The van der Waals surface area contributed by atoms with Crippen molar-refractivity contribution in [2.75, 3.05) is 11.5 Å². The Kier molecular flexibility index (Phi) is 3.16. The third-order valence-electron chi connectivity index (χ3n) is 4.01. The minimum atomic E-state index is 0.498. The summed E-state index contributed by atoms with van der Waals surface area (Å²) in [5.41, 5.74) is 16.5. The van der Waals surface area contributed by atoms with Crippen molar-refractivity contribution in [3.05, 3.63) is 54.7 Å². The number of rotatable bonds is 2. The van der Waals surface area contributed by atoms with Gasteiger partial charge in [-0.05, 0) is 24.3 Å². The minimum absolute atomic E-state index is 0.498. The van der Waals surface area contributed by atoms with Crippen LogP contribution in [0.15, 0.2) is 54.7 Å². The predicted octanol–water partition coefficient (Wildman–Crippen LogP) is 2.86. The molecular formula is C18H16N6. The summed E-state index contributed by atoms with van der Waals surface area (Å²) >= 11 is 0. The fourth-order valence-electron chi connectivity index (χ4n) is 2.86. The zero-order valence-electron chi connectivity index (χ0n) is 13.1. The molecule has 6 nitrogen and oxygen atoms in total. The number of nitrogens with two attached hydrogens (primary N) is 2. The topological polar surface area (TPSA) is 95.6 Å². The van der Waals surface area contributed by atoms with E-state index in [1.165, 1.54) is 0 Å². The number of benzene rings is 2. The Labute approximate surface area is 138 Å². The highest BCUT2D eigenvalue weighted by molar-refractivity contribution is 5.93. The first-order valence-electron chi connectivity index (χ1n) is 7.54. The number of hydrogen-bond donors (Lipinski definition) is 2. The Morgan fingerprint density at radius 1 is 0.917 bits per heavy atom. The van der Waals surface area contributed by atoms with Gasteiger partial charge >= 0.3 is 0 Å². The second-order valence-electron chi connectivity index (χ2n) is 5.57. The summed E-state index contributed by atoms with van der Waals surface area (Å²) in [5.74, 6) is 0.498. The van der Waals surface area contributed by atoms with Gasteiger partial charge < -0.3 is 11.5 Å². The second kappa shape index (κ2) is 5.34. The van der Waals surface area contributed by atoms with Crippen molar-refractivity contribution < 1.29 is 0 Å². The monoisotopic (exact) mass is 316 g/mol. The summed E-state index contributed by atoms with van der Waals surface area (Å²) in [6.45, 7) is 0. The van der Waals surface area contributed by atoms with Crippen molar-refractivity contribution in [2.24, 2.45) is 7.05 Å². The van der Waals surface area contributed by atoms with Crippen molar-refractivity contribution >= 4 is 22.3 Å². The lowest BCUT2D eigenvalue weighted by Crippen LogP contribution is -2.00. The Hall–Kier alpha value is -3.41. The van der Waals surface area contributed by atoms with E-state index in [1.807, 2.05) is 48.1 Å². The van der Waals surface area contributed by atoms with Crippen LogP contribution in [0.4, 0.5) is 11.4 Å². The first-order chi connectivity index (χ1) is 11.6. The van der Waals surface area contributed by atoms with Gasteiger partial charge in [-0.15, -0.1) is 0 Å². The molecule has 6 heteroatoms. The average Bonchev–Trinajstić information content (AvgIpc) is 2.93. The van der Waals surface area contributed by atoms with Crippen LogP contribution in [-0.2, 0) is 7.05 Å². The van der Waals surface area contributed by atoms with Crippen molar-refractivity contribution in [3.8, 4) is 22.8 Å². The van der Waals surface area contributed by atoms with Crippen molar-refractivity contribution in [2.45, 2.75) is 0 Å². The van der Waals surface area contributed by atoms with Crippen LogP contribution in [0.2, 0.25) is 0 Å². The number of aryl methyl sites for hydroxylation is 1. The molecule has 4 rings (SSSR count). The third-order valence-corrected chi connectivity index (χ3v) is 4.01. The Balaban J connectivity index is 1.92. The molecule has 0 radical (unpaired) electrons. The van der Waals surface area contributed by atoms with Gasteiger partial charge in [0.1, 0.15) is 5.69 Å². The van der Waals surface area contributed by atoms with E-state index in [1.54, 1.807) is 18.3 Å². The lowest BCUT2D eigenvalue weighted by Gasteiger charge is -2.08. The molecule has 2 aromatic carbocycles. The van der Waals surface area contributed by atoms with Gasteiger partial charge in [-0.3, -0.25) is 4.68 Å². The van der Waals surface area contributed by atoms with E-state index in [4.69, 9.17) is 11.5 Å². The van der Waals surface area contributed by atoms with E-state index in [-0.39, 0.29) is 0 Å². The SMILES string of the molecule is Cn1nc(-c2ccnc(-c3c(N)cccc3N)n2)c2ccccc21. The van der Waals surface area contributed by atoms with E-state index in [0.29, 0.717) is 22.8 Å². The van der Waals surface area contributed by atoms with Crippen LogP contribution in [0.25, 0.3) is 33.7 Å². The molecule has 0 spiro atoms. The number of hydrogen-bond acceptors (Lipinski definition) is 5. The zero-order valence-corrected chi connectivity index (χ0v) is 13.1. The Morgan fingerprint density at radius 2 is 1.67 bits per heavy atom. The molecule has 0 saturated heterocycles. The van der Waals surface area contributed by atoms with Crippen LogP contribution >= 0.6 is 0 Å². The molecule has 24 heavy (non-hydrogen) atoms. The summed E-state index contributed by atoms with van der Waals surface area (Å²) in [7, 11) is 1.92. The fourth-order valence-corrected chi connectivity index (χ4v) is 2.86. The number of para-hydroxylation sites is 1. The Bertz CT molecular complexity index is 1030. The van der Waals surface area contributed by atoms with Gasteiger partial charge in [0.05, 0.1) is 16.8 Å². The molecule has 0 unspecified atom stereocenters. The maximum Gasteiger partial charge on any atom is 0.164 e. The maximum atomic E-state index is 6.06. The van der Waals surface area contributed by atoms with Crippen LogP contribution in [0.1, 0.15) is 0 Å². The predicted molar refractivity (Wildman–Crippen MR) is 96.0 cm³/mol. The molecule has 0 atom stereocenters. The molecule has 0 aliphatic carbocycles. The van der Waals surface area contributed by atoms with E-state index in [0.717, 1.165) is 22.3 Å². The van der Waals surface area contributed by atoms with Crippen LogP contribution in [0.3, 0.4) is 0 Å². The molecule has 4 aromatic rings. The fraction of sp³-hybridized carbons (Fsp3) is 0.0556. The largest absolute Gasteiger partial charge is 0.398 e. The number of fused-ring (bicyclic) bond motifs is 1.